The summed E-state index contributed by atoms with van der Waals surface area (Å²) in [7, 11) is 1.83. The van der Waals surface area contributed by atoms with Gasteiger partial charge in [0.25, 0.3) is 0 Å². The van der Waals surface area contributed by atoms with E-state index < -0.39 is 0 Å². The molecule has 0 spiro atoms. The Morgan fingerprint density at radius 2 is 1.89 bits per heavy atom. The van der Waals surface area contributed by atoms with Crippen molar-refractivity contribution in [3.8, 4) is 0 Å². The average molecular weight is 123 g/mol. The predicted molar refractivity (Wildman–Crippen MR) is 38.3 cm³/mol. The lowest BCUT2D eigenvalue weighted by Gasteiger charge is -1.92. The van der Waals surface area contributed by atoms with Gasteiger partial charge in [0.1, 0.15) is 7.11 Å². The third-order valence-electron chi connectivity index (χ3n) is 1.18. The molecule has 0 unspecified atom stereocenters. The maximum atomic E-state index is 4.01. The Morgan fingerprint density at radius 1 is 1.22 bits per heavy atom. The van der Waals surface area contributed by atoms with Crippen LogP contribution in [0, 0.1) is 0 Å². The van der Waals surface area contributed by atoms with Crippen LogP contribution in [0.2, 0.25) is 0 Å². The van der Waals surface area contributed by atoms with Gasteiger partial charge in [-0.1, -0.05) is 30.3 Å². The molecule has 0 saturated heterocycles. The molecule has 1 heteroatoms. The number of ether oxygens (including phenoxy) is 1. The fourth-order valence-electron chi connectivity index (χ4n) is 0.766. The van der Waals surface area contributed by atoms with Crippen molar-refractivity contribution < 1.29 is 4.74 Å². The van der Waals surface area contributed by atoms with Crippen LogP contribution in [0.25, 0.3) is 0 Å². The minimum Gasteiger partial charge on any atom is -0.432 e. The molecular formula is C8H11O+. The van der Waals surface area contributed by atoms with Gasteiger partial charge >= 0.3 is 0 Å². The standard InChI is InChI=1S/C8H10O/c1-9-7-8-5-3-2-4-6-8/h2-6H,7H2,1H3/p+1. The quantitative estimate of drug-likeness (QED) is 0.526. The molecule has 1 aromatic rings. The second-order valence-electron chi connectivity index (χ2n) is 1.96. The highest BCUT2D eigenvalue weighted by Gasteiger charge is 1.88. The number of hydrogen-bond acceptors (Lipinski definition) is 0. The van der Waals surface area contributed by atoms with Crippen LogP contribution < -0.4 is 0 Å². The summed E-state index contributed by atoms with van der Waals surface area (Å²) in [6.07, 6.45) is 0. The van der Waals surface area contributed by atoms with Crippen molar-refractivity contribution in [1.82, 2.24) is 0 Å². The normalized spacial score (nSPS) is 9.44. The highest BCUT2D eigenvalue weighted by atomic mass is 16.5. The lowest BCUT2D eigenvalue weighted by atomic mass is 10.2. The van der Waals surface area contributed by atoms with Crippen molar-refractivity contribution >= 4 is 0 Å². The molecule has 0 fully saturated rings. The van der Waals surface area contributed by atoms with Gasteiger partial charge in [-0.25, -0.2) is 0 Å². The average Bonchev–Trinajstić information content (AvgIpc) is 1.91. The Bertz CT molecular complexity index is 157. The summed E-state index contributed by atoms with van der Waals surface area (Å²) in [5, 5.41) is 0. The maximum absolute atomic E-state index is 4.01. The van der Waals surface area contributed by atoms with E-state index in [0.717, 1.165) is 6.61 Å². The van der Waals surface area contributed by atoms with Gasteiger partial charge in [0.05, 0.1) is 0 Å². The predicted octanol–water partition coefficient (Wildman–Crippen LogP) is 1.34. The van der Waals surface area contributed by atoms with Crippen molar-refractivity contribution in [3.05, 3.63) is 35.9 Å². The van der Waals surface area contributed by atoms with Gasteiger partial charge in [-0.15, -0.1) is 0 Å². The molecule has 9 heavy (non-hydrogen) atoms. The molecular weight excluding hydrogens is 112 g/mol. The maximum Gasteiger partial charge on any atom is 0.170 e. The zero-order valence-corrected chi connectivity index (χ0v) is 5.54. The molecule has 0 bridgehead atoms. The van der Waals surface area contributed by atoms with Gasteiger partial charge in [-0.2, -0.15) is 0 Å². The van der Waals surface area contributed by atoms with Gasteiger partial charge in [-0.05, 0) is 0 Å². The zero-order valence-electron chi connectivity index (χ0n) is 5.54. The first kappa shape index (κ1) is 6.30. The van der Waals surface area contributed by atoms with Crippen LogP contribution in [-0.2, 0) is 6.61 Å². The second kappa shape index (κ2) is 3.25. The summed E-state index contributed by atoms with van der Waals surface area (Å²) in [6.45, 7) is 0.834. The lowest BCUT2D eigenvalue weighted by Crippen LogP contribution is -1.89. The minimum atomic E-state index is 0.834. The topological polar surface area (TPSA) is 12.8 Å². The minimum absolute atomic E-state index is 0.834. The third kappa shape index (κ3) is 1.86. The molecule has 0 radical (unpaired) electrons. The van der Waals surface area contributed by atoms with E-state index in [4.69, 9.17) is 0 Å². The van der Waals surface area contributed by atoms with E-state index >= 15 is 0 Å². The van der Waals surface area contributed by atoms with Crippen LogP contribution in [0.5, 0.6) is 0 Å². The summed E-state index contributed by atoms with van der Waals surface area (Å²) >= 11 is 0. The Kier molecular flexibility index (Phi) is 2.28. The molecule has 0 heterocycles. The third-order valence-corrected chi connectivity index (χ3v) is 1.18. The molecule has 0 amide bonds. The summed E-state index contributed by atoms with van der Waals surface area (Å²) in [6, 6.07) is 10.2. The van der Waals surface area contributed by atoms with Crippen LogP contribution in [0.4, 0.5) is 0 Å². The van der Waals surface area contributed by atoms with Crippen LogP contribution in [0.3, 0.4) is 0 Å². The molecule has 48 valence electrons. The van der Waals surface area contributed by atoms with E-state index in [9.17, 15) is 0 Å². The van der Waals surface area contributed by atoms with Crippen LogP contribution in [-0.4, -0.2) is 11.8 Å². The molecule has 0 atom stereocenters. The highest BCUT2D eigenvalue weighted by molar-refractivity contribution is 5.13. The molecule has 1 rings (SSSR count). The Hall–Kier alpha value is -0.820. The number of rotatable bonds is 2. The molecule has 0 saturated carbocycles. The second-order valence-corrected chi connectivity index (χ2v) is 1.96. The van der Waals surface area contributed by atoms with Gasteiger partial charge < -0.3 is 4.74 Å². The van der Waals surface area contributed by atoms with Gasteiger partial charge in [0.2, 0.25) is 0 Å². The molecule has 0 aliphatic carbocycles. The Labute approximate surface area is 55.3 Å². The largest absolute Gasteiger partial charge is 0.432 e. The van der Waals surface area contributed by atoms with Gasteiger partial charge in [0, 0.05) is 5.56 Å². The van der Waals surface area contributed by atoms with E-state index in [0.29, 0.717) is 0 Å². The summed E-state index contributed by atoms with van der Waals surface area (Å²) in [5.74, 6) is 0. The number of hydrogen-bond donors (Lipinski definition) is 0. The molecule has 1 nitrogen and oxygen atoms in total. The first-order chi connectivity index (χ1) is 4.43. The fraction of sp³-hybridized carbons (Fsp3) is 0.250. The molecule has 0 aliphatic rings. The van der Waals surface area contributed by atoms with E-state index in [1.807, 2.05) is 25.3 Å². The van der Waals surface area contributed by atoms with Crippen molar-refractivity contribution in [1.29, 1.82) is 0 Å². The van der Waals surface area contributed by atoms with E-state index in [-0.39, 0.29) is 0 Å². The molecule has 0 aromatic heterocycles. The lowest BCUT2D eigenvalue weighted by molar-refractivity contribution is -0.000824. The number of benzene rings is 1. The van der Waals surface area contributed by atoms with Crippen LogP contribution in [0.15, 0.2) is 30.3 Å². The first-order valence-corrected chi connectivity index (χ1v) is 3.03. The monoisotopic (exact) mass is 123 g/mol. The first-order valence-electron chi connectivity index (χ1n) is 3.03. The van der Waals surface area contributed by atoms with E-state index in [1.165, 1.54) is 5.56 Å². The van der Waals surface area contributed by atoms with E-state index in [1.54, 1.807) is 0 Å². The Balaban J connectivity index is 2.61. The number of aliphatic hydroxyl groups is 2. The smallest absolute Gasteiger partial charge is 0.170 e. The van der Waals surface area contributed by atoms with Crippen molar-refractivity contribution in [2.45, 2.75) is 6.61 Å². The fourth-order valence-corrected chi connectivity index (χ4v) is 0.766. The van der Waals surface area contributed by atoms with Gasteiger partial charge in [-0.3, -0.25) is 0 Å². The molecule has 0 aliphatic heterocycles. The van der Waals surface area contributed by atoms with Crippen LogP contribution >= 0.6 is 0 Å². The Morgan fingerprint density at radius 3 is 2.44 bits per heavy atom. The summed E-state index contributed by atoms with van der Waals surface area (Å²) in [4.78, 5) is 0. The molecule has 1 N–H and O–H groups in total. The van der Waals surface area contributed by atoms with Crippen molar-refractivity contribution in [2.24, 2.45) is 0 Å². The summed E-state index contributed by atoms with van der Waals surface area (Å²) in [5.41, 5.74) is 1.28. The zero-order chi connectivity index (χ0) is 6.53. The summed E-state index contributed by atoms with van der Waals surface area (Å²) < 4.78 is 4.01. The highest BCUT2D eigenvalue weighted by Crippen LogP contribution is 1.96. The van der Waals surface area contributed by atoms with Gasteiger partial charge in [0.15, 0.2) is 6.61 Å². The van der Waals surface area contributed by atoms with Crippen molar-refractivity contribution in [3.63, 3.8) is 0 Å². The van der Waals surface area contributed by atoms with E-state index in [2.05, 4.69) is 16.9 Å². The SMILES string of the molecule is C[OH+]Cc1ccccc1. The van der Waals surface area contributed by atoms with Crippen LogP contribution in [0.1, 0.15) is 5.56 Å². The van der Waals surface area contributed by atoms with Crippen molar-refractivity contribution in [2.75, 3.05) is 7.11 Å². The molecule has 1 aromatic carbocycles.